The van der Waals surface area contributed by atoms with Crippen LogP contribution in [-0.2, 0) is 4.79 Å². The van der Waals surface area contributed by atoms with E-state index in [0.717, 1.165) is 36.8 Å². The van der Waals surface area contributed by atoms with Crippen molar-refractivity contribution in [3.8, 4) is 0 Å². The maximum absolute atomic E-state index is 10.5. The van der Waals surface area contributed by atoms with Crippen LogP contribution in [0.25, 0.3) is 0 Å². The molecular weight excluding hydrogens is 224 g/mol. The van der Waals surface area contributed by atoms with Crippen LogP contribution in [0.15, 0.2) is 5.38 Å². The first-order chi connectivity index (χ1) is 7.65. The number of hydrogen-bond acceptors (Lipinski definition) is 4. The van der Waals surface area contributed by atoms with Crippen LogP contribution in [0.5, 0.6) is 0 Å². The summed E-state index contributed by atoms with van der Waals surface area (Å²) in [5.41, 5.74) is 1.06. The number of hydrogen-bond donors (Lipinski definition) is 1. The van der Waals surface area contributed by atoms with Crippen LogP contribution < -0.4 is 4.90 Å². The van der Waals surface area contributed by atoms with Gasteiger partial charge in [-0.15, -0.1) is 11.3 Å². The number of aromatic nitrogens is 1. The molecule has 1 fully saturated rings. The number of carboxylic acids is 1. The van der Waals surface area contributed by atoms with Crippen molar-refractivity contribution in [3.63, 3.8) is 0 Å². The molecule has 88 valence electrons. The first kappa shape index (κ1) is 11.4. The normalized spacial score (nSPS) is 20.3. The van der Waals surface area contributed by atoms with Crippen LogP contribution >= 0.6 is 11.3 Å². The number of aryl methyl sites for hydroxylation is 1. The van der Waals surface area contributed by atoms with Gasteiger partial charge in [0, 0.05) is 24.9 Å². The van der Waals surface area contributed by atoms with Gasteiger partial charge in [-0.25, -0.2) is 4.98 Å². The number of aliphatic carboxylic acids is 1. The largest absolute Gasteiger partial charge is 0.481 e. The highest BCUT2D eigenvalue weighted by Gasteiger charge is 2.24. The van der Waals surface area contributed by atoms with Gasteiger partial charge in [-0.05, 0) is 25.7 Å². The fourth-order valence-corrected chi connectivity index (χ4v) is 2.90. The second-order valence-corrected chi connectivity index (χ2v) is 5.14. The summed E-state index contributed by atoms with van der Waals surface area (Å²) in [6.45, 7) is 3.97. The molecule has 1 N–H and O–H groups in total. The Morgan fingerprint density at radius 1 is 1.75 bits per heavy atom. The Morgan fingerprint density at radius 3 is 3.19 bits per heavy atom. The standard InChI is InChI=1S/C11H16N2O2S/c1-8-7-16-11(12-8)13-5-4-9(6-13)2-3-10(14)15/h7,9H,2-6H2,1H3,(H,14,15). The molecule has 1 aromatic heterocycles. The van der Waals surface area contributed by atoms with E-state index in [2.05, 4.69) is 15.3 Å². The number of nitrogens with zero attached hydrogens (tertiary/aromatic N) is 2. The average molecular weight is 240 g/mol. The van der Waals surface area contributed by atoms with E-state index in [0.29, 0.717) is 5.92 Å². The van der Waals surface area contributed by atoms with Crippen LogP contribution in [0.4, 0.5) is 5.13 Å². The summed E-state index contributed by atoms with van der Waals surface area (Å²) >= 11 is 1.67. The van der Waals surface area contributed by atoms with Crippen LogP contribution in [-0.4, -0.2) is 29.1 Å². The maximum atomic E-state index is 10.5. The van der Waals surface area contributed by atoms with E-state index >= 15 is 0 Å². The summed E-state index contributed by atoms with van der Waals surface area (Å²) < 4.78 is 0. The lowest BCUT2D eigenvalue weighted by Crippen LogP contribution is -2.19. The van der Waals surface area contributed by atoms with E-state index < -0.39 is 5.97 Å². The van der Waals surface area contributed by atoms with Crippen molar-refractivity contribution < 1.29 is 9.90 Å². The van der Waals surface area contributed by atoms with Crippen molar-refractivity contribution in [2.45, 2.75) is 26.2 Å². The van der Waals surface area contributed by atoms with Gasteiger partial charge in [0.05, 0.1) is 5.69 Å². The molecule has 16 heavy (non-hydrogen) atoms. The number of carbonyl (C=O) groups is 1. The number of anilines is 1. The molecule has 1 aromatic rings. The van der Waals surface area contributed by atoms with E-state index in [-0.39, 0.29) is 6.42 Å². The van der Waals surface area contributed by atoms with E-state index in [1.807, 2.05) is 6.92 Å². The highest BCUT2D eigenvalue weighted by atomic mass is 32.1. The molecule has 0 bridgehead atoms. The quantitative estimate of drug-likeness (QED) is 0.876. The molecule has 1 saturated heterocycles. The highest BCUT2D eigenvalue weighted by Crippen LogP contribution is 2.28. The van der Waals surface area contributed by atoms with Gasteiger partial charge in [0.15, 0.2) is 5.13 Å². The maximum Gasteiger partial charge on any atom is 0.303 e. The van der Waals surface area contributed by atoms with Gasteiger partial charge in [0.25, 0.3) is 0 Å². The molecule has 1 unspecified atom stereocenters. The zero-order valence-electron chi connectivity index (χ0n) is 9.35. The van der Waals surface area contributed by atoms with Crippen LogP contribution in [0.3, 0.4) is 0 Å². The van der Waals surface area contributed by atoms with Crippen molar-refractivity contribution in [2.75, 3.05) is 18.0 Å². The third kappa shape index (κ3) is 2.72. The number of rotatable bonds is 4. The molecule has 4 nitrogen and oxygen atoms in total. The Labute approximate surface area is 98.9 Å². The van der Waals surface area contributed by atoms with Crippen LogP contribution in [0.1, 0.15) is 25.0 Å². The molecule has 0 spiro atoms. The van der Waals surface area contributed by atoms with Gasteiger partial charge in [0.2, 0.25) is 0 Å². The summed E-state index contributed by atoms with van der Waals surface area (Å²) in [5, 5.41) is 11.8. The van der Waals surface area contributed by atoms with Crippen LogP contribution in [0.2, 0.25) is 0 Å². The fourth-order valence-electron chi connectivity index (χ4n) is 2.06. The fraction of sp³-hybridized carbons (Fsp3) is 0.636. The Balaban J connectivity index is 1.86. The van der Waals surface area contributed by atoms with E-state index in [1.165, 1.54) is 0 Å². The highest BCUT2D eigenvalue weighted by molar-refractivity contribution is 7.13. The molecule has 2 heterocycles. The minimum absolute atomic E-state index is 0.287. The van der Waals surface area contributed by atoms with E-state index in [1.54, 1.807) is 11.3 Å². The molecule has 1 atom stereocenters. The number of carboxylic acid groups (broad SMARTS) is 1. The SMILES string of the molecule is Cc1csc(N2CCC(CCC(=O)O)C2)n1. The molecule has 5 heteroatoms. The van der Waals surface area contributed by atoms with Gasteiger partial charge in [-0.2, -0.15) is 0 Å². The van der Waals surface area contributed by atoms with Gasteiger partial charge in [-0.1, -0.05) is 0 Å². The second kappa shape index (κ2) is 4.82. The Hall–Kier alpha value is -1.10. The summed E-state index contributed by atoms with van der Waals surface area (Å²) in [7, 11) is 0. The minimum atomic E-state index is -0.691. The van der Waals surface area contributed by atoms with Gasteiger partial charge in [-0.3, -0.25) is 4.79 Å². The summed E-state index contributed by atoms with van der Waals surface area (Å²) in [5.74, 6) is -0.177. The summed E-state index contributed by atoms with van der Waals surface area (Å²) in [6.07, 6.45) is 2.16. The van der Waals surface area contributed by atoms with Crippen LogP contribution in [0, 0.1) is 12.8 Å². The van der Waals surface area contributed by atoms with Gasteiger partial charge >= 0.3 is 5.97 Å². The third-order valence-corrected chi connectivity index (χ3v) is 3.95. The van der Waals surface area contributed by atoms with Crippen molar-refractivity contribution >= 4 is 22.4 Å². The first-order valence-electron chi connectivity index (χ1n) is 5.54. The molecule has 2 rings (SSSR count). The van der Waals surface area contributed by atoms with E-state index in [9.17, 15) is 4.79 Å². The molecule has 0 saturated carbocycles. The Bertz CT molecular complexity index is 378. The predicted octanol–water partition coefficient (Wildman–Crippen LogP) is 2.14. The first-order valence-corrected chi connectivity index (χ1v) is 6.42. The third-order valence-electron chi connectivity index (χ3n) is 2.93. The minimum Gasteiger partial charge on any atom is -0.481 e. The van der Waals surface area contributed by atoms with Gasteiger partial charge < -0.3 is 10.0 Å². The lowest BCUT2D eigenvalue weighted by molar-refractivity contribution is -0.137. The second-order valence-electron chi connectivity index (χ2n) is 4.30. The summed E-state index contributed by atoms with van der Waals surface area (Å²) in [4.78, 5) is 17.2. The lowest BCUT2D eigenvalue weighted by atomic mass is 10.0. The Kier molecular flexibility index (Phi) is 3.43. The average Bonchev–Trinajstić information content (AvgIpc) is 2.83. The lowest BCUT2D eigenvalue weighted by Gasteiger charge is -2.14. The zero-order valence-corrected chi connectivity index (χ0v) is 10.2. The molecule has 0 aromatic carbocycles. The van der Waals surface area contributed by atoms with Gasteiger partial charge in [0.1, 0.15) is 0 Å². The molecular formula is C11H16N2O2S. The van der Waals surface area contributed by atoms with Crippen molar-refractivity contribution in [1.29, 1.82) is 0 Å². The topological polar surface area (TPSA) is 53.4 Å². The monoisotopic (exact) mass is 240 g/mol. The number of thiazole rings is 1. The molecule has 0 amide bonds. The molecule has 1 aliphatic heterocycles. The Morgan fingerprint density at radius 2 is 2.56 bits per heavy atom. The van der Waals surface area contributed by atoms with Crippen molar-refractivity contribution in [3.05, 3.63) is 11.1 Å². The zero-order chi connectivity index (χ0) is 11.5. The molecule has 0 radical (unpaired) electrons. The smallest absolute Gasteiger partial charge is 0.303 e. The van der Waals surface area contributed by atoms with Crippen molar-refractivity contribution in [1.82, 2.24) is 4.98 Å². The molecule has 1 aliphatic rings. The summed E-state index contributed by atoms with van der Waals surface area (Å²) in [6, 6.07) is 0. The van der Waals surface area contributed by atoms with E-state index in [4.69, 9.17) is 5.11 Å². The molecule has 0 aliphatic carbocycles. The predicted molar refractivity (Wildman–Crippen MR) is 64.0 cm³/mol. The van der Waals surface area contributed by atoms with Crippen molar-refractivity contribution in [2.24, 2.45) is 5.92 Å².